The van der Waals surface area contributed by atoms with Gasteiger partial charge in [-0.1, -0.05) is 58.8 Å². The first-order valence-corrected chi connectivity index (χ1v) is 8.50. The van der Waals surface area contributed by atoms with Gasteiger partial charge in [0.15, 0.2) is 0 Å². The third-order valence-corrected chi connectivity index (χ3v) is 3.86. The number of hydrogen-bond donors (Lipinski definition) is 0. The molecule has 128 valence electrons. The summed E-state index contributed by atoms with van der Waals surface area (Å²) >= 11 is 0. The Labute approximate surface area is 135 Å². The molecule has 0 fully saturated rings. The molecular weight excluding hydrogens is 280 g/mol. The van der Waals surface area contributed by atoms with Crippen molar-refractivity contribution in [2.24, 2.45) is 0 Å². The number of ether oxygens (including phenoxy) is 2. The van der Waals surface area contributed by atoms with E-state index in [1.807, 2.05) is 6.92 Å². The average Bonchev–Trinajstić information content (AvgIpc) is 2.54. The number of rotatable bonds is 12. The molecule has 0 saturated heterocycles. The first-order valence-electron chi connectivity index (χ1n) is 8.50. The third-order valence-electron chi connectivity index (χ3n) is 3.86. The quantitative estimate of drug-likeness (QED) is 0.301. The molecule has 0 aliphatic heterocycles. The minimum absolute atomic E-state index is 0.412. The van der Waals surface area contributed by atoms with Crippen molar-refractivity contribution in [2.75, 3.05) is 14.2 Å². The summed E-state index contributed by atoms with van der Waals surface area (Å²) in [6.07, 6.45) is 10.6. The lowest BCUT2D eigenvalue weighted by atomic mass is 9.99. The monoisotopic (exact) mass is 312 g/mol. The summed E-state index contributed by atoms with van der Waals surface area (Å²) in [6.45, 7) is 4.07. The summed E-state index contributed by atoms with van der Waals surface area (Å²) in [7, 11) is 2.68. The van der Waals surface area contributed by atoms with E-state index in [4.69, 9.17) is 9.47 Å². The maximum atomic E-state index is 11.9. The molecule has 0 rings (SSSR count). The first kappa shape index (κ1) is 20.7. The number of carbonyl (C=O) groups excluding carboxylic acids is 2. The number of methoxy groups -OCH3 is 2. The van der Waals surface area contributed by atoms with Crippen LogP contribution in [-0.4, -0.2) is 26.2 Å². The standard InChI is InChI=1S/C18H32O4/c1-5-7-8-9-10-11-12-13-14-16(18(20)22-4)15(6-2)17(19)21-3/h5-14H2,1-4H3. The van der Waals surface area contributed by atoms with Crippen LogP contribution in [0.5, 0.6) is 0 Å². The Morgan fingerprint density at radius 3 is 1.59 bits per heavy atom. The predicted molar refractivity (Wildman–Crippen MR) is 88.6 cm³/mol. The minimum atomic E-state index is -0.428. The lowest BCUT2D eigenvalue weighted by molar-refractivity contribution is -0.139. The fourth-order valence-electron chi connectivity index (χ4n) is 2.54. The Balaban J connectivity index is 4.36. The normalized spacial score (nSPS) is 11.8. The number of unbranched alkanes of at least 4 members (excludes halogenated alkanes) is 7. The summed E-state index contributed by atoms with van der Waals surface area (Å²) < 4.78 is 9.56. The van der Waals surface area contributed by atoms with Crippen molar-refractivity contribution in [3.05, 3.63) is 11.1 Å². The van der Waals surface area contributed by atoms with E-state index in [1.165, 1.54) is 52.7 Å². The van der Waals surface area contributed by atoms with Gasteiger partial charge < -0.3 is 9.47 Å². The van der Waals surface area contributed by atoms with Gasteiger partial charge in [0, 0.05) is 11.1 Å². The summed E-state index contributed by atoms with van der Waals surface area (Å²) in [4.78, 5) is 23.6. The largest absolute Gasteiger partial charge is 0.466 e. The molecule has 0 unspecified atom stereocenters. The van der Waals surface area contributed by atoms with Gasteiger partial charge in [0.1, 0.15) is 0 Å². The van der Waals surface area contributed by atoms with E-state index in [0.29, 0.717) is 24.0 Å². The molecule has 0 spiro atoms. The van der Waals surface area contributed by atoms with E-state index in [-0.39, 0.29) is 0 Å². The molecule has 0 amide bonds. The maximum absolute atomic E-state index is 11.9. The zero-order valence-corrected chi connectivity index (χ0v) is 14.7. The molecule has 0 radical (unpaired) electrons. The third kappa shape index (κ3) is 8.20. The van der Waals surface area contributed by atoms with Crippen molar-refractivity contribution in [1.29, 1.82) is 0 Å². The van der Waals surface area contributed by atoms with Gasteiger partial charge >= 0.3 is 11.9 Å². The highest BCUT2D eigenvalue weighted by molar-refractivity contribution is 6.00. The summed E-state index contributed by atoms with van der Waals surface area (Å²) in [6, 6.07) is 0. The van der Waals surface area contributed by atoms with Crippen molar-refractivity contribution in [2.45, 2.75) is 78.1 Å². The van der Waals surface area contributed by atoms with Crippen LogP contribution in [0.15, 0.2) is 11.1 Å². The molecule has 0 N–H and O–H groups in total. The number of hydrogen-bond acceptors (Lipinski definition) is 4. The van der Waals surface area contributed by atoms with Crippen LogP contribution < -0.4 is 0 Å². The molecular formula is C18H32O4. The van der Waals surface area contributed by atoms with Gasteiger partial charge in [0.05, 0.1) is 14.2 Å². The molecule has 0 aliphatic carbocycles. The van der Waals surface area contributed by atoms with Crippen LogP contribution in [0.1, 0.15) is 78.1 Å². The van der Waals surface area contributed by atoms with E-state index < -0.39 is 11.9 Å². The zero-order chi connectivity index (χ0) is 16.8. The van der Waals surface area contributed by atoms with E-state index in [2.05, 4.69) is 6.92 Å². The van der Waals surface area contributed by atoms with Crippen LogP contribution in [-0.2, 0) is 19.1 Å². The molecule has 4 heteroatoms. The molecule has 22 heavy (non-hydrogen) atoms. The molecule has 0 aliphatic rings. The smallest absolute Gasteiger partial charge is 0.334 e. The van der Waals surface area contributed by atoms with Crippen LogP contribution >= 0.6 is 0 Å². The van der Waals surface area contributed by atoms with Gasteiger partial charge in [-0.2, -0.15) is 0 Å². The van der Waals surface area contributed by atoms with E-state index >= 15 is 0 Å². The van der Waals surface area contributed by atoms with E-state index in [1.54, 1.807) is 0 Å². The predicted octanol–water partition coefficient (Wildman–Crippen LogP) is 4.57. The minimum Gasteiger partial charge on any atom is -0.466 e. The fourth-order valence-corrected chi connectivity index (χ4v) is 2.54. The molecule has 0 bridgehead atoms. The molecule has 0 aromatic carbocycles. The van der Waals surface area contributed by atoms with Crippen LogP contribution in [0.25, 0.3) is 0 Å². The molecule has 0 atom stereocenters. The highest BCUT2D eigenvalue weighted by atomic mass is 16.5. The van der Waals surface area contributed by atoms with Crippen molar-refractivity contribution < 1.29 is 19.1 Å². The second-order valence-electron chi connectivity index (χ2n) is 5.52. The van der Waals surface area contributed by atoms with Crippen LogP contribution in [0.3, 0.4) is 0 Å². The Bertz CT molecular complexity index is 358. The molecule has 0 aromatic heterocycles. The molecule has 0 aromatic rings. The van der Waals surface area contributed by atoms with Gasteiger partial charge in [0.2, 0.25) is 0 Å². The van der Waals surface area contributed by atoms with Gasteiger partial charge in [-0.3, -0.25) is 0 Å². The zero-order valence-electron chi connectivity index (χ0n) is 14.7. The second-order valence-corrected chi connectivity index (χ2v) is 5.52. The molecule has 4 nitrogen and oxygen atoms in total. The van der Waals surface area contributed by atoms with Crippen molar-refractivity contribution in [3.63, 3.8) is 0 Å². The van der Waals surface area contributed by atoms with Crippen LogP contribution in [0.2, 0.25) is 0 Å². The summed E-state index contributed by atoms with van der Waals surface area (Å²) in [5.41, 5.74) is 0.917. The number of carbonyl (C=O) groups is 2. The van der Waals surface area contributed by atoms with E-state index in [9.17, 15) is 9.59 Å². The Morgan fingerprint density at radius 1 is 0.682 bits per heavy atom. The first-order chi connectivity index (χ1) is 10.6. The van der Waals surface area contributed by atoms with Crippen molar-refractivity contribution >= 4 is 11.9 Å². The Morgan fingerprint density at radius 2 is 1.14 bits per heavy atom. The topological polar surface area (TPSA) is 52.6 Å². The van der Waals surface area contributed by atoms with Gasteiger partial charge in [-0.05, 0) is 19.3 Å². The molecule has 0 heterocycles. The lowest BCUT2D eigenvalue weighted by Crippen LogP contribution is -2.14. The highest BCUT2D eigenvalue weighted by Crippen LogP contribution is 2.20. The second kappa shape index (κ2) is 13.4. The van der Waals surface area contributed by atoms with Gasteiger partial charge in [-0.15, -0.1) is 0 Å². The van der Waals surface area contributed by atoms with Crippen molar-refractivity contribution in [3.8, 4) is 0 Å². The van der Waals surface area contributed by atoms with E-state index in [0.717, 1.165) is 12.8 Å². The van der Waals surface area contributed by atoms with Crippen LogP contribution in [0, 0.1) is 0 Å². The number of esters is 2. The van der Waals surface area contributed by atoms with Crippen LogP contribution in [0.4, 0.5) is 0 Å². The Kier molecular flexibility index (Phi) is 12.5. The lowest BCUT2D eigenvalue weighted by Gasteiger charge is -2.11. The average molecular weight is 312 g/mol. The molecule has 0 saturated carbocycles. The van der Waals surface area contributed by atoms with Crippen molar-refractivity contribution in [1.82, 2.24) is 0 Å². The summed E-state index contributed by atoms with van der Waals surface area (Å²) in [5, 5.41) is 0. The van der Waals surface area contributed by atoms with Gasteiger partial charge in [0.25, 0.3) is 0 Å². The highest BCUT2D eigenvalue weighted by Gasteiger charge is 2.20. The van der Waals surface area contributed by atoms with Gasteiger partial charge in [-0.25, -0.2) is 9.59 Å². The maximum Gasteiger partial charge on any atom is 0.334 e. The fraction of sp³-hybridized carbons (Fsp3) is 0.778. The SMILES string of the molecule is CCCCCCCCCCC(C(=O)OC)=C(CC)C(=O)OC. The Hall–Kier alpha value is -1.32. The summed E-state index contributed by atoms with van der Waals surface area (Å²) in [5.74, 6) is -0.840.